The molecule has 4 nitrogen and oxygen atoms in total. The van der Waals surface area contributed by atoms with Crippen LogP contribution >= 0.6 is 0 Å². The van der Waals surface area contributed by atoms with Crippen LogP contribution in [0.3, 0.4) is 0 Å². The van der Waals surface area contributed by atoms with E-state index in [1.54, 1.807) is 0 Å². The molecule has 0 aliphatic heterocycles. The van der Waals surface area contributed by atoms with Gasteiger partial charge in [-0.25, -0.2) is 0 Å². The minimum atomic E-state index is 0.835. The van der Waals surface area contributed by atoms with Crippen LogP contribution in [0.25, 0.3) is 65.4 Å². The second-order valence-electron chi connectivity index (χ2n) is 17.4. The van der Waals surface area contributed by atoms with Gasteiger partial charge in [-0.1, -0.05) is 72.8 Å². The molecule has 0 spiro atoms. The monoisotopic (exact) mass is 804 g/mol. The Morgan fingerprint density at radius 2 is 0.581 bits per heavy atom. The Bertz CT molecular complexity index is 3300. The molecule has 9 aromatic carbocycles. The Morgan fingerprint density at radius 3 is 0.887 bits per heavy atom. The molecule has 0 unspecified atom stereocenters. The fraction of sp³-hybridized carbons (Fsp3) is 0.138. The summed E-state index contributed by atoms with van der Waals surface area (Å²) >= 11 is 0. The molecule has 0 fully saturated rings. The highest BCUT2D eigenvalue weighted by molar-refractivity contribution is 6.35. The highest BCUT2D eigenvalue weighted by Crippen LogP contribution is 2.50. The number of furan rings is 2. The number of anilines is 6. The summed E-state index contributed by atoms with van der Waals surface area (Å²) in [4.78, 5) is 4.78. The predicted molar refractivity (Wildman–Crippen MR) is 263 cm³/mol. The van der Waals surface area contributed by atoms with Gasteiger partial charge in [-0.15, -0.1) is 0 Å². The largest absolute Gasteiger partial charge is 0.456 e. The van der Waals surface area contributed by atoms with Crippen LogP contribution in [0, 0.1) is 55.4 Å². The number of hydrogen-bond donors (Lipinski definition) is 0. The zero-order valence-corrected chi connectivity index (χ0v) is 36.6. The molecule has 0 radical (unpaired) electrons. The molecule has 0 bridgehead atoms. The summed E-state index contributed by atoms with van der Waals surface area (Å²) in [5, 5.41) is 8.88. The minimum Gasteiger partial charge on any atom is -0.456 e. The molecule has 4 heteroatoms. The van der Waals surface area contributed by atoms with Gasteiger partial charge in [-0.05, 0) is 171 Å². The van der Waals surface area contributed by atoms with Gasteiger partial charge in [-0.2, -0.15) is 0 Å². The number of aryl methyl sites for hydroxylation is 8. The Labute approximate surface area is 362 Å². The maximum Gasteiger partial charge on any atom is 0.138 e. The van der Waals surface area contributed by atoms with E-state index in [0.717, 1.165) is 99.5 Å². The third-order valence-corrected chi connectivity index (χ3v) is 13.5. The Hall–Kier alpha value is -7.30. The average Bonchev–Trinajstić information content (AvgIpc) is 3.84. The predicted octanol–water partition coefficient (Wildman–Crippen LogP) is 17.2. The van der Waals surface area contributed by atoms with Gasteiger partial charge >= 0.3 is 0 Å². The second-order valence-corrected chi connectivity index (χ2v) is 17.4. The number of fused-ring (bicyclic) bond motifs is 11. The molecular formula is C58H48N2O2. The molecule has 0 amide bonds. The number of rotatable bonds is 6. The third-order valence-electron chi connectivity index (χ3n) is 13.5. The van der Waals surface area contributed by atoms with Gasteiger partial charge in [0.05, 0.1) is 11.4 Å². The van der Waals surface area contributed by atoms with Gasteiger partial charge in [0.15, 0.2) is 0 Å². The van der Waals surface area contributed by atoms with E-state index in [-0.39, 0.29) is 0 Å². The van der Waals surface area contributed by atoms with Crippen LogP contribution in [0.1, 0.15) is 44.5 Å². The lowest BCUT2D eigenvalue weighted by molar-refractivity contribution is 0.663. The summed E-state index contributed by atoms with van der Waals surface area (Å²) in [6.45, 7) is 17.4. The van der Waals surface area contributed by atoms with Gasteiger partial charge in [0, 0.05) is 67.2 Å². The lowest BCUT2D eigenvalue weighted by Crippen LogP contribution is -2.11. The molecule has 2 aromatic heterocycles. The van der Waals surface area contributed by atoms with Crippen LogP contribution in [-0.2, 0) is 0 Å². The van der Waals surface area contributed by atoms with Crippen LogP contribution in [0.5, 0.6) is 0 Å². The van der Waals surface area contributed by atoms with Crippen LogP contribution < -0.4 is 9.80 Å². The molecule has 11 aromatic rings. The molecule has 302 valence electrons. The van der Waals surface area contributed by atoms with Crippen molar-refractivity contribution in [2.45, 2.75) is 55.4 Å². The van der Waals surface area contributed by atoms with E-state index in [0.29, 0.717) is 0 Å². The maximum atomic E-state index is 6.99. The van der Waals surface area contributed by atoms with E-state index in [1.807, 2.05) is 0 Å². The fourth-order valence-corrected chi connectivity index (χ4v) is 9.49. The lowest BCUT2D eigenvalue weighted by atomic mass is 9.96. The van der Waals surface area contributed by atoms with Crippen molar-refractivity contribution in [3.8, 4) is 0 Å². The molecule has 0 atom stereocenters. The molecule has 2 heterocycles. The van der Waals surface area contributed by atoms with Gasteiger partial charge in [0.1, 0.15) is 22.3 Å². The van der Waals surface area contributed by atoms with Crippen LogP contribution in [-0.4, -0.2) is 0 Å². The first-order valence-corrected chi connectivity index (χ1v) is 21.6. The summed E-state index contributed by atoms with van der Waals surface area (Å²) < 4.78 is 14.0. The van der Waals surface area contributed by atoms with Gasteiger partial charge < -0.3 is 18.6 Å². The normalized spacial score (nSPS) is 11.9. The van der Waals surface area contributed by atoms with E-state index in [4.69, 9.17) is 8.83 Å². The highest BCUT2D eigenvalue weighted by Gasteiger charge is 2.26. The molecule has 0 N–H and O–H groups in total. The molecule has 62 heavy (non-hydrogen) atoms. The summed E-state index contributed by atoms with van der Waals surface area (Å²) in [5.41, 5.74) is 20.0. The molecule has 11 rings (SSSR count). The van der Waals surface area contributed by atoms with Crippen LogP contribution in [0.4, 0.5) is 34.1 Å². The zero-order chi connectivity index (χ0) is 42.6. The van der Waals surface area contributed by atoms with Crippen LogP contribution in [0.15, 0.2) is 154 Å². The van der Waals surface area contributed by atoms with E-state index < -0.39 is 0 Å². The summed E-state index contributed by atoms with van der Waals surface area (Å²) in [6.07, 6.45) is 0. The average molecular weight is 805 g/mol. The first-order valence-electron chi connectivity index (χ1n) is 21.6. The summed E-state index contributed by atoms with van der Waals surface area (Å²) in [6, 6.07) is 53.2. The molecule has 0 aliphatic rings. The zero-order valence-electron chi connectivity index (χ0n) is 36.6. The summed E-state index contributed by atoms with van der Waals surface area (Å²) in [7, 11) is 0. The molecule has 0 saturated heterocycles. The Morgan fingerprint density at radius 1 is 0.274 bits per heavy atom. The fourth-order valence-electron chi connectivity index (χ4n) is 9.49. The Kier molecular flexibility index (Phi) is 8.59. The van der Waals surface area contributed by atoms with Crippen molar-refractivity contribution in [3.63, 3.8) is 0 Å². The minimum absolute atomic E-state index is 0.835. The molecule has 0 aliphatic carbocycles. The summed E-state index contributed by atoms with van der Waals surface area (Å²) in [5.74, 6) is 0. The maximum absolute atomic E-state index is 6.99. The highest BCUT2D eigenvalue weighted by atomic mass is 16.3. The van der Waals surface area contributed by atoms with E-state index in [1.165, 1.54) is 44.5 Å². The van der Waals surface area contributed by atoms with Crippen molar-refractivity contribution < 1.29 is 8.83 Å². The van der Waals surface area contributed by atoms with Gasteiger partial charge in [0.2, 0.25) is 0 Å². The second kappa shape index (κ2) is 14.1. The molecule has 0 saturated carbocycles. The quantitative estimate of drug-likeness (QED) is 0.168. The van der Waals surface area contributed by atoms with E-state index in [2.05, 4.69) is 211 Å². The first-order chi connectivity index (χ1) is 30.0. The van der Waals surface area contributed by atoms with Crippen molar-refractivity contribution in [2.75, 3.05) is 9.80 Å². The standard InChI is InChI=1S/C58H48N2O2/c1-33-17-21-41(27-37(33)5)59(42-22-18-34(2)38(6)28-42)49-31-53-55(47-15-11-9-13-45(47)49)57-51(61-53)25-26-52-58(57)56-48-16-12-10-14-46(48)50(32-54(56)62-52)60(43-23-19-35(3)39(7)29-43)44-24-20-36(4)40(8)30-44/h9-32H,1-8H3. The SMILES string of the molecule is Cc1ccc(N(c2ccc(C)c(C)c2)c2cc3oc4ccc5oc6cc(N(c7ccc(C)c(C)c7)c7ccc(C)c(C)c7)c7ccccc7c6c5c4c3c3ccccc23)cc1C. The van der Waals surface area contributed by atoms with E-state index >= 15 is 0 Å². The van der Waals surface area contributed by atoms with Gasteiger partial charge in [-0.3, -0.25) is 0 Å². The van der Waals surface area contributed by atoms with Crippen molar-refractivity contribution in [1.82, 2.24) is 0 Å². The molecular weight excluding hydrogens is 757 g/mol. The van der Waals surface area contributed by atoms with Crippen molar-refractivity contribution in [2.24, 2.45) is 0 Å². The number of hydrogen-bond acceptors (Lipinski definition) is 4. The van der Waals surface area contributed by atoms with Crippen molar-refractivity contribution in [3.05, 3.63) is 190 Å². The first kappa shape index (κ1) is 37.7. The third kappa shape index (κ3) is 5.81. The van der Waals surface area contributed by atoms with Crippen LogP contribution in [0.2, 0.25) is 0 Å². The topological polar surface area (TPSA) is 32.8 Å². The lowest BCUT2D eigenvalue weighted by Gasteiger charge is -2.28. The number of benzene rings is 9. The van der Waals surface area contributed by atoms with E-state index in [9.17, 15) is 0 Å². The Balaban J connectivity index is 1.21. The van der Waals surface area contributed by atoms with Crippen molar-refractivity contribution >= 4 is 99.5 Å². The van der Waals surface area contributed by atoms with Gasteiger partial charge in [0.25, 0.3) is 0 Å². The number of nitrogens with zero attached hydrogens (tertiary/aromatic N) is 2. The van der Waals surface area contributed by atoms with Crippen molar-refractivity contribution in [1.29, 1.82) is 0 Å². The smallest absolute Gasteiger partial charge is 0.138 e.